The van der Waals surface area contributed by atoms with E-state index < -0.39 is 5.63 Å². The van der Waals surface area contributed by atoms with E-state index in [4.69, 9.17) is 16.0 Å². The molecule has 1 aromatic heterocycles. The molecular formula is C16H10ClNO3. The van der Waals surface area contributed by atoms with Crippen molar-refractivity contribution < 1.29 is 9.21 Å². The summed E-state index contributed by atoms with van der Waals surface area (Å²) >= 11 is 5.47. The van der Waals surface area contributed by atoms with E-state index in [2.05, 4.69) is 4.98 Å². The Morgan fingerprint density at radius 1 is 1.00 bits per heavy atom. The van der Waals surface area contributed by atoms with E-state index in [0.717, 1.165) is 11.1 Å². The number of halogens is 1. The lowest BCUT2D eigenvalue weighted by atomic mass is 9.95. The average molecular weight is 300 g/mol. The van der Waals surface area contributed by atoms with Crippen LogP contribution in [0.5, 0.6) is 0 Å². The summed E-state index contributed by atoms with van der Waals surface area (Å²) in [5, 5.41) is -0.131. The summed E-state index contributed by atoms with van der Waals surface area (Å²) in [7, 11) is 0. The van der Waals surface area contributed by atoms with Crippen molar-refractivity contribution >= 4 is 28.5 Å². The highest BCUT2D eigenvalue weighted by Gasteiger charge is 2.11. The number of aromatic nitrogens is 1. The molecule has 0 atom stereocenters. The lowest BCUT2D eigenvalue weighted by Crippen LogP contribution is -2.08. The number of ketones is 1. The fourth-order valence-corrected chi connectivity index (χ4v) is 2.15. The van der Waals surface area contributed by atoms with Gasteiger partial charge in [-0.1, -0.05) is 48.0 Å². The Bertz CT molecular complexity index is 869. The van der Waals surface area contributed by atoms with Crippen LogP contribution in [-0.2, 0) is 6.42 Å². The number of benzene rings is 2. The van der Waals surface area contributed by atoms with Crippen molar-refractivity contribution in [3.8, 4) is 0 Å². The largest absolute Gasteiger partial charge is 0.419 e. The second kappa shape index (κ2) is 5.50. The summed E-state index contributed by atoms with van der Waals surface area (Å²) in [6, 6.07) is 14.7. The smallest absolute Gasteiger partial charge is 0.374 e. The Labute approximate surface area is 125 Å². The molecule has 5 rings (SSSR count). The Balaban J connectivity index is 0.000000131. The highest BCUT2D eigenvalue weighted by Crippen LogP contribution is 2.14. The fourth-order valence-electron chi connectivity index (χ4n) is 2.03. The minimum absolute atomic E-state index is 0.131. The highest BCUT2D eigenvalue weighted by atomic mass is 35.5. The second-order valence-electron chi connectivity index (χ2n) is 4.56. The maximum Gasteiger partial charge on any atom is 0.374 e. The van der Waals surface area contributed by atoms with E-state index in [1.165, 1.54) is 0 Å². The molecule has 2 aliphatic rings. The van der Waals surface area contributed by atoms with Crippen LogP contribution in [0.1, 0.15) is 15.9 Å². The maximum atomic E-state index is 10.9. The van der Waals surface area contributed by atoms with Crippen molar-refractivity contribution in [3.05, 3.63) is 75.2 Å². The molecule has 0 saturated carbocycles. The number of hydrogen-bond donors (Lipinski definition) is 0. The lowest BCUT2D eigenvalue weighted by Gasteiger charge is -2.08. The van der Waals surface area contributed by atoms with Crippen molar-refractivity contribution in [3.63, 3.8) is 0 Å². The summed E-state index contributed by atoms with van der Waals surface area (Å²) < 4.78 is 4.84. The van der Waals surface area contributed by atoms with Crippen LogP contribution in [0.2, 0.25) is 5.15 Å². The molecule has 4 nitrogen and oxygen atoms in total. The predicted octanol–water partition coefficient (Wildman–Crippen LogP) is 3.27. The molecule has 3 aromatic rings. The summed E-state index contributed by atoms with van der Waals surface area (Å²) in [6.07, 6.45) is 0.613. The first-order valence-electron chi connectivity index (χ1n) is 6.31. The number of carbonyl (C=O) groups excluding carboxylic acids is 1. The van der Waals surface area contributed by atoms with Crippen LogP contribution in [0.15, 0.2) is 57.7 Å². The van der Waals surface area contributed by atoms with Gasteiger partial charge in [-0.05, 0) is 17.7 Å². The molecular weight excluding hydrogens is 290 g/mol. The van der Waals surface area contributed by atoms with Crippen molar-refractivity contribution in [2.45, 2.75) is 6.42 Å². The van der Waals surface area contributed by atoms with Gasteiger partial charge in [-0.15, -0.1) is 0 Å². The number of para-hydroxylation sites is 2. The Morgan fingerprint density at radius 3 is 2.29 bits per heavy atom. The van der Waals surface area contributed by atoms with Gasteiger partial charge < -0.3 is 4.42 Å². The molecule has 0 radical (unpaired) electrons. The Kier molecular flexibility index (Phi) is 3.54. The maximum absolute atomic E-state index is 10.9. The number of carbonyl (C=O) groups is 1. The fraction of sp³-hybridized carbons (Fsp3) is 0.0625. The number of Topliss-reactive ketones (excluding diaryl/α,β-unsaturated/α-hetero) is 1. The van der Waals surface area contributed by atoms with E-state index in [9.17, 15) is 9.59 Å². The molecule has 0 spiro atoms. The monoisotopic (exact) mass is 299 g/mol. The third-order valence-corrected chi connectivity index (χ3v) is 3.33. The van der Waals surface area contributed by atoms with Crippen LogP contribution in [0, 0.1) is 0 Å². The molecule has 0 aliphatic heterocycles. The van der Waals surface area contributed by atoms with Gasteiger partial charge in [-0.25, -0.2) is 9.78 Å². The first kappa shape index (κ1) is 13.5. The standard InChI is InChI=1S/C8H4ClNO2.C8H6O/c9-7-8(11)12-6-4-2-1-3-5(6)10-7;9-8-5-6-1-3-7(8)4-2-6/h1-4H;1-4H,5H2. The molecule has 21 heavy (non-hydrogen) atoms. The van der Waals surface area contributed by atoms with Gasteiger partial charge in [0.15, 0.2) is 11.4 Å². The number of hydrogen-bond acceptors (Lipinski definition) is 4. The minimum atomic E-state index is -0.602. The summed E-state index contributed by atoms with van der Waals surface area (Å²) in [5.41, 5.74) is 2.42. The van der Waals surface area contributed by atoms with Crippen LogP contribution in [0.4, 0.5) is 0 Å². The van der Waals surface area contributed by atoms with E-state index in [0.29, 0.717) is 17.5 Å². The molecule has 104 valence electrons. The molecule has 5 heteroatoms. The Morgan fingerprint density at radius 2 is 1.71 bits per heavy atom. The topological polar surface area (TPSA) is 60.2 Å². The van der Waals surface area contributed by atoms with E-state index in [1.807, 2.05) is 24.3 Å². The summed E-state index contributed by atoms with van der Waals surface area (Å²) in [5.74, 6) is 0.259. The summed E-state index contributed by atoms with van der Waals surface area (Å²) in [4.78, 5) is 25.6. The molecule has 2 bridgehead atoms. The van der Waals surface area contributed by atoms with Crippen molar-refractivity contribution in [1.29, 1.82) is 0 Å². The van der Waals surface area contributed by atoms with Crippen LogP contribution >= 0.6 is 11.6 Å². The zero-order valence-electron chi connectivity index (χ0n) is 10.9. The van der Waals surface area contributed by atoms with Gasteiger partial charge in [0.2, 0.25) is 5.15 Å². The normalized spacial score (nSPS) is 12.1. The van der Waals surface area contributed by atoms with Gasteiger partial charge in [-0.2, -0.15) is 0 Å². The number of fused-ring (bicyclic) bond motifs is 4. The zero-order valence-corrected chi connectivity index (χ0v) is 11.6. The summed E-state index contributed by atoms with van der Waals surface area (Å²) in [6.45, 7) is 0. The third-order valence-electron chi connectivity index (χ3n) is 3.10. The van der Waals surface area contributed by atoms with E-state index >= 15 is 0 Å². The van der Waals surface area contributed by atoms with Crippen molar-refractivity contribution in [2.75, 3.05) is 0 Å². The van der Waals surface area contributed by atoms with Gasteiger partial charge in [0.1, 0.15) is 5.52 Å². The van der Waals surface area contributed by atoms with Gasteiger partial charge in [0.05, 0.1) is 0 Å². The molecule has 0 fully saturated rings. The average Bonchev–Trinajstić information content (AvgIpc) is 2.50. The van der Waals surface area contributed by atoms with Gasteiger partial charge in [0.25, 0.3) is 0 Å². The highest BCUT2D eigenvalue weighted by molar-refractivity contribution is 6.29. The van der Waals surface area contributed by atoms with Crippen LogP contribution < -0.4 is 5.63 Å². The lowest BCUT2D eigenvalue weighted by molar-refractivity contribution is 0.0989. The molecule has 0 amide bonds. The van der Waals surface area contributed by atoms with Gasteiger partial charge in [0, 0.05) is 12.0 Å². The molecule has 2 aliphatic carbocycles. The van der Waals surface area contributed by atoms with E-state index in [-0.39, 0.29) is 10.9 Å². The molecule has 1 heterocycles. The quantitative estimate of drug-likeness (QED) is 0.639. The molecule has 0 unspecified atom stereocenters. The van der Waals surface area contributed by atoms with Crippen molar-refractivity contribution in [2.24, 2.45) is 0 Å². The first-order chi connectivity index (χ1) is 10.1. The molecule has 2 aromatic carbocycles. The SMILES string of the molecule is O=C1Cc2ccc1cc2.O=c1oc2ccccc2nc1Cl. The number of rotatable bonds is 0. The minimum Gasteiger partial charge on any atom is -0.419 e. The second-order valence-corrected chi connectivity index (χ2v) is 4.91. The van der Waals surface area contributed by atoms with E-state index in [1.54, 1.807) is 24.3 Å². The van der Waals surface area contributed by atoms with Crippen LogP contribution in [-0.4, -0.2) is 10.8 Å². The molecule has 0 saturated heterocycles. The predicted molar refractivity (Wildman–Crippen MR) is 79.8 cm³/mol. The van der Waals surface area contributed by atoms with Crippen molar-refractivity contribution in [1.82, 2.24) is 4.98 Å². The van der Waals surface area contributed by atoms with Crippen LogP contribution in [0.3, 0.4) is 0 Å². The van der Waals surface area contributed by atoms with Gasteiger partial charge >= 0.3 is 5.63 Å². The third kappa shape index (κ3) is 2.85. The molecule has 0 N–H and O–H groups in total. The first-order valence-corrected chi connectivity index (χ1v) is 6.69. The van der Waals surface area contributed by atoms with Gasteiger partial charge in [-0.3, -0.25) is 4.79 Å². The zero-order chi connectivity index (χ0) is 14.8. The Hall–Kier alpha value is -2.46. The number of nitrogens with zero attached hydrogens (tertiary/aromatic N) is 1. The van der Waals surface area contributed by atoms with Crippen LogP contribution in [0.25, 0.3) is 11.1 Å².